The van der Waals surface area contributed by atoms with Crippen LogP contribution in [0.3, 0.4) is 0 Å². The summed E-state index contributed by atoms with van der Waals surface area (Å²) in [7, 11) is 3.31. The summed E-state index contributed by atoms with van der Waals surface area (Å²) in [6.07, 6.45) is -0.555. The first-order valence-corrected chi connectivity index (χ1v) is 15.5. The zero-order valence-electron chi connectivity index (χ0n) is 27.9. The van der Waals surface area contributed by atoms with E-state index in [-0.39, 0.29) is 21.7 Å². The van der Waals surface area contributed by atoms with Crippen molar-refractivity contribution < 1.29 is 24.1 Å². The third-order valence-corrected chi connectivity index (χ3v) is 8.48. The standard InChI is InChI=1S/C19H28O3.C17H23BrO2/c1-12(20)14-9-8-13(10-15(14)21-7)16-17(18(2,3)4)19(5,6)11-22-16;1-16(2,3)15-14(20-10-17(15,4)5)11-7-8-12(18)13(9-11)19-6/h8-10,12,20H,11H2,1-7H3;7-9H,10H2,1-6H3. The Morgan fingerprint density at radius 1 is 0.738 bits per heavy atom. The molecule has 1 unspecified atom stereocenters. The van der Waals surface area contributed by atoms with Gasteiger partial charge in [-0.25, -0.2) is 0 Å². The molecule has 4 rings (SSSR count). The van der Waals surface area contributed by atoms with Gasteiger partial charge in [-0.1, -0.05) is 81.4 Å². The van der Waals surface area contributed by atoms with E-state index in [1.165, 1.54) is 11.1 Å². The highest BCUT2D eigenvalue weighted by Crippen LogP contribution is 2.51. The molecule has 0 saturated carbocycles. The number of rotatable bonds is 5. The maximum absolute atomic E-state index is 9.83. The molecule has 0 radical (unpaired) electrons. The SMILES string of the molecule is COc1cc(C2=C(C(C)(C)C)C(C)(C)CO2)ccc1Br.COc1cc(C2=C(C(C)(C)C)C(C)(C)CO2)ccc1C(C)O. The number of hydrogen-bond donors (Lipinski definition) is 1. The van der Waals surface area contributed by atoms with Crippen molar-refractivity contribution in [3.8, 4) is 11.5 Å². The smallest absolute Gasteiger partial charge is 0.133 e. The minimum Gasteiger partial charge on any atom is -0.496 e. The normalized spacial score (nSPS) is 18.6. The van der Waals surface area contributed by atoms with E-state index in [4.69, 9.17) is 18.9 Å². The van der Waals surface area contributed by atoms with Crippen LogP contribution in [0.25, 0.3) is 11.5 Å². The van der Waals surface area contributed by atoms with Crippen molar-refractivity contribution >= 4 is 27.4 Å². The largest absolute Gasteiger partial charge is 0.496 e. The summed E-state index contributed by atoms with van der Waals surface area (Å²) in [5, 5.41) is 9.83. The Balaban J connectivity index is 0.000000231. The lowest BCUT2D eigenvalue weighted by Crippen LogP contribution is -2.24. The van der Waals surface area contributed by atoms with Gasteiger partial charge in [0.25, 0.3) is 0 Å². The first-order chi connectivity index (χ1) is 19.2. The first-order valence-electron chi connectivity index (χ1n) is 14.7. The molecule has 0 spiro atoms. The van der Waals surface area contributed by atoms with Crippen molar-refractivity contribution in [1.82, 2.24) is 0 Å². The summed E-state index contributed by atoms with van der Waals surface area (Å²) in [4.78, 5) is 0. The highest BCUT2D eigenvalue weighted by Gasteiger charge is 2.42. The maximum Gasteiger partial charge on any atom is 0.133 e. The van der Waals surface area contributed by atoms with E-state index in [1.54, 1.807) is 21.1 Å². The Bertz CT molecular complexity index is 1350. The molecule has 0 bridgehead atoms. The van der Waals surface area contributed by atoms with Gasteiger partial charge in [0.05, 0.1) is 38.0 Å². The molecule has 0 amide bonds. The zero-order chi connectivity index (χ0) is 31.8. The van der Waals surface area contributed by atoms with Gasteiger partial charge >= 0.3 is 0 Å². The van der Waals surface area contributed by atoms with E-state index < -0.39 is 6.10 Å². The van der Waals surface area contributed by atoms with E-state index in [0.29, 0.717) is 12.4 Å². The Kier molecular flexibility index (Phi) is 9.96. The number of aliphatic hydroxyl groups excluding tert-OH is 1. The molecule has 2 aromatic carbocycles. The lowest BCUT2D eigenvalue weighted by atomic mass is 9.71. The molecule has 0 aromatic heterocycles. The molecule has 5 nitrogen and oxygen atoms in total. The predicted molar refractivity (Wildman–Crippen MR) is 177 cm³/mol. The molecule has 0 saturated heterocycles. The first kappa shape index (κ1) is 34.1. The van der Waals surface area contributed by atoms with Crippen LogP contribution in [-0.4, -0.2) is 32.5 Å². The lowest BCUT2D eigenvalue weighted by Gasteiger charge is -2.31. The molecule has 1 N–H and O–H groups in total. The van der Waals surface area contributed by atoms with Gasteiger partial charge in [-0.05, 0) is 69.1 Å². The summed E-state index contributed by atoms with van der Waals surface area (Å²) in [5.74, 6) is 3.49. The topological polar surface area (TPSA) is 57.2 Å². The third kappa shape index (κ3) is 7.19. The second kappa shape index (κ2) is 12.3. The van der Waals surface area contributed by atoms with Crippen LogP contribution in [0.15, 0.2) is 52.0 Å². The predicted octanol–water partition coefficient (Wildman–Crippen LogP) is 9.83. The van der Waals surface area contributed by atoms with Crippen LogP contribution in [-0.2, 0) is 9.47 Å². The summed E-state index contributed by atoms with van der Waals surface area (Å²) in [5.41, 5.74) is 5.78. The van der Waals surface area contributed by atoms with Crippen molar-refractivity contribution in [1.29, 1.82) is 0 Å². The highest BCUT2D eigenvalue weighted by atomic mass is 79.9. The van der Waals surface area contributed by atoms with Crippen molar-refractivity contribution in [3.63, 3.8) is 0 Å². The van der Waals surface area contributed by atoms with Gasteiger partial charge in [-0.3, -0.25) is 0 Å². The molecule has 0 aliphatic carbocycles. The van der Waals surface area contributed by atoms with Crippen molar-refractivity contribution in [3.05, 3.63) is 68.7 Å². The van der Waals surface area contributed by atoms with Gasteiger partial charge in [0.2, 0.25) is 0 Å². The molecule has 2 aromatic rings. The van der Waals surface area contributed by atoms with Crippen molar-refractivity contribution in [2.24, 2.45) is 21.7 Å². The van der Waals surface area contributed by atoms with Crippen molar-refractivity contribution in [2.75, 3.05) is 27.4 Å². The van der Waals surface area contributed by atoms with E-state index in [1.807, 2.05) is 30.3 Å². The summed E-state index contributed by atoms with van der Waals surface area (Å²) in [6, 6.07) is 12.0. The molecule has 6 heteroatoms. The summed E-state index contributed by atoms with van der Waals surface area (Å²) in [6.45, 7) is 25.5. The van der Waals surface area contributed by atoms with Gasteiger partial charge in [0, 0.05) is 27.5 Å². The summed E-state index contributed by atoms with van der Waals surface area (Å²) >= 11 is 3.49. The van der Waals surface area contributed by atoms with E-state index in [2.05, 4.69) is 91.2 Å². The van der Waals surface area contributed by atoms with Crippen LogP contribution in [0.1, 0.15) is 99.0 Å². The lowest BCUT2D eigenvalue weighted by molar-refractivity contribution is 0.194. The minimum atomic E-state index is -0.555. The number of ether oxygens (including phenoxy) is 4. The quantitative estimate of drug-likeness (QED) is 0.352. The molecule has 2 heterocycles. The fourth-order valence-electron chi connectivity index (χ4n) is 6.57. The van der Waals surface area contributed by atoms with Gasteiger partial charge in [0.1, 0.15) is 23.0 Å². The molecule has 1 atom stereocenters. The molecule has 2 aliphatic heterocycles. The van der Waals surface area contributed by atoms with Crippen LogP contribution in [0.2, 0.25) is 0 Å². The number of hydrogen-bond acceptors (Lipinski definition) is 5. The van der Waals surface area contributed by atoms with Crippen LogP contribution < -0.4 is 9.47 Å². The molecule has 0 fully saturated rings. The third-order valence-electron chi connectivity index (χ3n) is 7.82. The van der Waals surface area contributed by atoms with Gasteiger partial charge < -0.3 is 24.1 Å². The Morgan fingerprint density at radius 2 is 1.14 bits per heavy atom. The number of halogens is 1. The monoisotopic (exact) mass is 642 g/mol. The highest BCUT2D eigenvalue weighted by molar-refractivity contribution is 9.10. The van der Waals surface area contributed by atoms with E-state index in [9.17, 15) is 5.11 Å². The average molecular weight is 644 g/mol. The average Bonchev–Trinajstić information content (AvgIpc) is 3.39. The second-order valence-corrected chi connectivity index (χ2v) is 15.6. The van der Waals surface area contributed by atoms with Crippen LogP contribution >= 0.6 is 15.9 Å². The fraction of sp³-hybridized carbons (Fsp3) is 0.556. The Hall–Kier alpha value is -2.44. The Morgan fingerprint density at radius 3 is 1.52 bits per heavy atom. The maximum atomic E-state index is 9.83. The van der Waals surface area contributed by atoms with Crippen molar-refractivity contribution in [2.45, 2.75) is 82.3 Å². The van der Waals surface area contributed by atoms with Crippen LogP contribution in [0.4, 0.5) is 0 Å². The number of aliphatic hydroxyl groups is 1. The van der Waals surface area contributed by atoms with Crippen LogP contribution in [0.5, 0.6) is 11.5 Å². The molecule has 42 heavy (non-hydrogen) atoms. The van der Waals surface area contributed by atoms with E-state index >= 15 is 0 Å². The second-order valence-electron chi connectivity index (χ2n) is 14.7. The van der Waals surface area contributed by atoms with Gasteiger partial charge in [-0.15, -0.1) is 0 Å². The van der Waals surface area contributed by atoms with Gasteiger partial charge in [0.15, 0.2) is 0 Å². The summed E-state index contributed by atoms with van der Waals surface area (Å²) < 4.78 is 23.9. The molecule has 2 aliphatic rings. The number of methoxy groups -OCH3 is 2. The van der Waals surface area contributed by atoms with E-state index in [0.717, 1.165) is 45.0 Å². The molecular weight excluding hydrogens is 592 g/mol. The van der Waals surface area contributed by atoms with Gasteiger partial charge in [-0.2, -0.15) is 0 Å². The Labute approximate surface area is 262 Å². The van der Waals surface area contributed by atoms with Crippen LogP contribution in [0, 0.1) is 21.7 Å². The zero-order valence-corrected chi connectivity index (χ0v) is 29.5. The number of benzene rings is 2. The molecular formula is C36H51BrO5. The molecule has 232 valence electrons. The fourth-order valence-corrected chi connectivity index (χ4v) is 6.98. The minimum absolute atomic E-state index is 0.0176.